The van der Waals surface area contributed by atoms with Crippen LogP contribution >= 0.6 is 34.4 Å². The van der Waals surface area contributed by atoms with Crippen LogP contribution in [0.1, 0.15) is 36.3 Å². The summed E-state index contributed by atoms with van der Waals surface area (Å²) in [6.07, 6.45) is 1.93. The Labute approximate surface area is 229 Å². The van der Waals surface area contributed by atoms with Crippen molar-refractivity contribution in [3.05, 3.63) is 63.8 Å². The van der Waals surface area contributed by atoms with Gasteiger partial charge in [0.1, 0.15) is 5.01 Å². The highest BCUT2D eigenvalue weighted by Gasteiger charge is 2.19. The van der Waals surface area contributed by atoms with Crippen molar-refractivity contribution in [1.82, 2.24) is 19.7 Å². The first-order chi connectivity index (χ1) is 18.0. The Morgan fingerprint density at radius 3 is 2.65 bits per heavy atom. The molecule has 0 saturated carbocycles. The van der Waals surface area contributed by atoms with Crippen LogP contribution in [0.4, 0.5) is 5.69 Å². The van der Waals surface area contributed by atoms with Gasteiger partial charge >= 0.3 is 0 Å². The van der Waals surface area contributed by atoms with Crippen LogP contribution in [0.2, 0.25) is 0 Å². The zero-order chi connectivity index (χ0) is 25.9. The number of aromatic nitrogens is 4. The van der Waals surface area contributed by atoms with Crippen LogP contribution in [0.5, 0.6) is 0 Å². The first-order valence-corrected chi connectivity index (χ1v) is 15.1. The van der Waals surface area contributed by atoms with Crippen molar-refractivity contribution in [2.24, 2.45) is 0 Å². The van der Waals surface area contributed by atoms with Gasteiger partial charge in [0.15, 0.2) is 11.0 Å². The lowest BCUT2D eigenvalue weighted by atomic mass is 10.1. The molecule has 0 aliphatic carbocycles. The maximum atomic E-state index is 12.7. The van der Waals surface area contributed by atoms with Gasteiger partial charge in [-0.05, 0) is 74.2 Å². The molecule has 0 fully saturated rings. The monoisotopic (exact) mass is 547 g/mol. The number of thiophene rings is 1. The molecule has 2 aromatic carbocycles. The third-order valence-electron chi connectivity index (χ3n) is 6.15. The largest absolute Gasteiger partial charge is 0.325 e. The summed E-state index contributed by atoms with van der Waals surface area (Å²) in [4.78, 5) is 18.8. The molecule has 0 aliphatic heterocycles. The maximum Gasteiger partial charge on any atom is 0.234 e. The SMILES string of the molecule is CCCn1c(SCC(=O)Nc2ccc(-c3nc4ccc(C)cc4s3)cc2)nnc1-c1csc(C)c1CC. The number of hydrogen-bond donors (Lipinski definition) is 1. The summed E-state index contributed by atoms with van der Waals surface area (Å²) >= 11 is 4.86. The van der Waals surface area contributed by atoms with Gasteiger partial charge in [0.25, 0.3) is 0 Å². The van der Waals surface area contributed by atoms with Crippen molar-refractivity contribution in [3.63, 3.8) is 0 Å². The van der Waals surface area contributed by atoms with E-state index in [4.69, 9.17) is 4.98 Å². The van der Waals surface area contributed by atoms with Gasteiger partial charge in [-0.15, -0.1) is 32.9 Å². The number of anilines is 1. The average molecular weight is 548 g/mol. The topological polar surface area (TPSA) is 72.7 Å². The first-order valence-electron chi connectivity index (χ1n) is 12.4. The number of carbonyl (C=O) groups is 1. The molecule has 1 N–H and O–H groups in total. The van der Waals surface area contributed by atoms with E-state index < -0.39 is 0 Å². The molecule has 3 aromatic heterocycles. The molecule has 0 aliphatic rings. The van der Waals surface area contributed by atoms with Gasteiger partial charge in [0.05, 0.1) is 16.0 Å². The number of nitrogens with zero attached hydrogens (tertiary/aromatic N) is 4. The molecular formula is C28H29N5OS3. The molecule has 5 aromatic rings. The quantitative estimate of drug-likeness (QED) is 0.192. The summed E-state index contributed by atoms with van der Waals surface area (Å²) in [7, 11) is 0. The van der Waals surface area contributed by atoms with Crippen molar-refractivity contribution >= 4 is 56.2 Å². The van der Waals surface area contributed by atoms with Gasteiger partial charge in [0.2, 0.25) is 5.91 Å². The predicted octanol–water partition coefficient (Wildman–Crippen LogP) is 7.60. The van der Waals surface area contributed by atoms with Crippen LogP contribution in [-0.2, 0) is 17.8 Å². The molecule has 6 nitrogen and oxygen atoms in total. The summed E-state index contributed by atoms with van der Waals surface area (Å²) in [5.74, 6) is 1.09. The Hall–Kier alpha value is -3.01. The molecule has 0 radical (unpaired) electrons. The van der Waals surface area contributed by atoms with E-state index in [1.807, 2.05) is 24.3 Å². The van der Waals surface area contributed by atoms with Gasteiger partial charge in [-0.3, -0.25) is 4.79 Å². The van der Waals surface area contributed by atoms with Crippen LogP contribution in [0.15, 0.2) is 53.0 Å². The fourth-order valence-electron chi connectivity index (χ4n) is 4.30. The Bertz CT molecular complexity index is 1550. The van der Waals surface area contributed by atoms with E-state index >= 15 is 0 Å². The minimum atomic E-state index is -0.0681. The predicted molar refractivity (Wildman–Crippen MR) is 157 cm³/mol. The number of rotatable bonds is 9. The fourth-order valence-corrected chi connectivity index (χ4v) is 7.08. The standard InChI is InChI=1S/C28H29N5OS3/c1-5-13-33-26(22-15-35-18(4)21(22)6-2)31-32-28(33)36-16-25(34)29-20-10-8-19(9-11-20)27-30-23-12-7-17(3)14-24(23)37-27/h7-12,14-15H,5-6,13,16H2,1-4H3,(H,29,34). The maximum absolute atomic E-state index is 12.7. The van der Waals surface area contributed by atoms with Crippen LogP contribution in [0.25, 0.3) is 32.2 Å². The van der Waals surface area contributed by atoms with E-state index in [1.165, 1.54) is 32.5 Å². The number of hydrogen-bond acceptors (Lipinski definition) is 7. The van der Waals surface area contributed by atoms with Crippen LogP contribution in [0, 0.1) is 13.8 Å². The van der Waals surface area contributed by atoms with E-state index in [-0.39, 0.29) is 11.7 Å². The number of benzene rings is 2. The first kappa shape index (κ1) is 25.6. The van der Waals surface area contributed by atoms with Crippen molar-refractivity contribution in [2.45, 2.75) is 52.2 Å². The van der Waals surface area contributed by atoms with Crippen molar-refractivity contribution < 1.29 is 4.79 Å². The number of nitrogens with one attached hydrogen (secondary N) is 1. The van der Waals surface area contributed by atoms with Gasteiger partial charge < -0.3 is 9.88 Å². The fraction of sp³-hybridized carbons (Fsp3) is 0.286. The number of carbonyl (C=O) groups excluding carboxylic acids is 1. The van der Waals surface area contributed by atoms with Gasteiger partial charge in [-0.1, -0.05) is 31.7 Å². The van der Waals surface area contributed by atoms with Crippen LogP contribution in [-0.4, -0.2) is 31.4 Å². The summed E-state index contributed by atoms with van der Waals surface area (Å²) in [5, 5.41) is 15.9. The highest BCUT2D eigenvalue weighted by molar-refractivity contribution is 7.99. The molecule has 0 spiro atoms. The number of fused-ring (bicyclic) bond motifs is 1. The zero-order valence-corrected chi connectivity index (χ0v) is 23.8. The zero-order valence-electron chi connectivity index (χ0n) is 21.4. The third-order valence-corrected chi connectivity index (χ3v) is 9.14. The van der Waals surface area contributed by atoms with E-state index in [9.17, 15) is 4.79 Å². The lowest BCUT2D eigenvalue weighted by molar-refractivity contribution is -0.113. The number of thioether (sulfide) groups is 1. The molecule has 0 bridgehead atoms. The third kappa shape index (κ3) is 5.49. The van der Waals surface area contributed by atoms with Crippen LogP contribution < -0.4 is 5.32 Å². The van der Waals surface area contributed by atoms with Crippen molar-refractivity contribution in [1.29, 1.82) is 0 Å². The Morgan fingerprint density at radius 2 is 1.89 bits per heavy atom. The Morgan fingerprint density at radius 1 is 1.08 bits per heavy atom. The molecule has 190 valence electrons. The van der Waals surface area contributed by atoms with E-state index in [0.29, 0.717) is 0 Å². The molecule has 0 unspecified atom stereocenters. The molecular weight excluding hydrogens is 519 g/mol. The lowest BCUT2D eigenvalue weighted by Gasteiger charge is -2.10. The van der Waals surface area contributed by atoms with Crippen LogP contribution in [0.3, 0.4) is 0 Å². The minimum Gasteiger partial charge on any atom is -0.325 e. The highest BCUT2D eigenvalue weighted by Crippen LogP contribution is 2.33. The number of amides is 1. The second kappa shape index (κ2) is 11.2. The summed E-state index contributed by atoms with van der Waals surface area (Å²) in [6.45, 7) is 9.38. The van der Waals surface area contributed by atoms with E-state index in [1.54, 1.807) is 22.7 Å². The summed E-state index contributed by atoms with van der Waals surface area (Å²) in [5.41, 5.74) is 6.54. The van der Waals surface area contributed by atoms with Crippen molar-refractivity contribution in [2.75, 3.05) is 11.1 Å². The molecule has 9 heteroatoms. The average Bonchev–Trinajstić information content (AvgIpc) is 3.59. The van der Waals surface area contributed by atoms with E-state index in [0.717, 1.165) is 57.7 Å². The Kier molecular flexibility index (Phi) is 7.73. The van der Waals surface area contributed by atoms with Gasteiger partial charge in [-0.2, -0.15) is 0 Å². The Balaban J connectivity index is 1.25. The molecule has 0 atom stereocenters. The second-order valence-electron chi connectivity index (χ2n) is 8.90. The number of aryl methyl sites for hydroxylation is 2. The minimum absolute atomic E-state index is 0.0681. The van der Waals surface area contributed by atoms with Gasteiger partial charge in [0, 0.05) is 33.6 Å². The summed E-state index contributed by atoms with van der Waals surface area (Å²) < 4.78 is 3.33. The molecule has 1 amide bonds. The normalized spacial score (nSPS) is 11.4. The molecule has 5 rings (SSSR count). The second-order valence-corrected chi connectivity index (χ2v) is 12.0. The number of thiazole rings is 1. The molecule has 0 saturated heterocycles. The van der Waals surface area contributed by atoms with E-state index in [2.05, 4.69) is 71.4 Å². The van der Waals surface area contributed by atoms with Crippen molar-refractivity contribution in [3.8, 4) is 22.0 Å². The highest BCUT2D eigenvalue weighted by atomic mass is 32.2. The lowest BCUT2D eigenvalue weighted by Crippen LogP contribution is -2.14. The smallest absolute Gasteiger partial charge is 0.234 e. The molecule has 3 heterocycles. The van der Waals surface area contributed by atoms with Gasteiger partial charge in [-0.25, -0.2) is 4.98 Å². The molecule has 37 heavy (non-hydrogen) atoms. The summed E-state index contributed by atoms with van der Waals surface area (Å²) in [6, 6.07) is 14.2.